The van der Waals surface area contributed by atoms with Crippen molar-refractivity contribution in [1.29, 1.82) is 0 Å². The standard InChI is InChI=1S/C18H14F3N3O2S/c1-10-3-8-13-14(9-10)27-16-23-17(18(19,20)21,22-15(25)24(13)16)11-4-6-12(26-2)7-5-11/h3-9H,1-2H3,(H,22,25)/t17-/m0/s1. The number of thioether (sulfide) groups is 1. The molecule has 2 aromatic carbocycles. The van der Waals surface area contributed by atoms with E-state index in [1.807, 2.05) is 13.0 Å². The van der Waals surface area contributed by atoms with Gasteiger partial charge in [-0.2, -0.15) is 13.2 Å². The number of rotatable bonds is 2. The summed E-state index contributed by atoms with van der Waals surface area (Å²) < 4.78 is 47.3. The van der Waals surface area contributed by atoms with E-state index < -0.39 is 17.9 Å². The number of fused-ring (bicyclic) bond motifs is 3. The van der Waals surface area contributed by atoms with Crippen LogP contribution in [-0.4, -0.2) is 24.5 Å². The lowest BCUT2D eigenvalue weighted by Crippen LogP contribution is -2.62. The van der Waals surface area contributed by atoms with Crippen molar-refractivity contribution in [1.82, 2.24) is 5.32 Å². The third-order valence-electron chi connectivity index (χ3n) is 4.42. The summed E-state index contributed by atoms with van der Waals surface area (Å²) in [6.07, 6.45) is -4.83. The van der Waals surface area contributed by atoms with Crippen molar-refractivity contribution in [3.63, 3.8) is 0 Å². The number of halogens is 3. The predicted octanol–water partition coefficient (Wildman–Crippen LogP) is 4.41. The number of nitrogens with zero attached hydrogens (tertiary/aromatic N) is 2. The Kier molecular flexibility index (Phi) is 3.88. The fourth-order valence-electron chi connectivity index (χ4n) is 3.05. The molecule has 2 heterocycles. The molecule has 0 spiro atoms. The first-order chi connectivity index (χ1) is 12.7. The van der Waals surface area contributed by atoms with Crippen LogP contribution in [0.25, 0.3) is 0 Å². The third kappa shape index (κ3) is 2.64. The first-order valence-electron chi connectivity index (χ1n) is 7.97. The number of urea groups is 1. The highest BCUT2D eigenvalue weighted by Crippen LogP contribution is 2.48. The molecule has 0 radical (unpaired) electrons. The minimum absolute atomic E-state index is 0.00695. The van der Waals surface area contributed by atoms with Crippen LogP contribution >= 0.6 is 11.8 Å². The zero-order valence-electron chi connectivity index (χ0n) is 14.3. The Morgan fingerprint density at radius 3 is 2.52 bits per heavy atom. The third-order valence-corrected chi connectivity index (χ3v) is 5.42. The molecule has 0 unspecified atom stereocenters. The Balaban J connectivity index is 1.87. The van der Waals surface area contributed by atoms with Gasteiger partial charge in [-0.25, -0.2) is 14.7 Å². The van der Waals surface area contributed by atoms with E-state index in [2.05, 4.69) is 10.3 Å². The molecular formula is C18H14F3N3O2S. The summed E-state index contributed by atoms with van der Waals surface area (Å²) in [5.74, 6) is 0.408. The average molecular weight is 393 g/mol. The topological polar surface area (TPSA) is 53.9 Å². The molecule has 1 N–H and O–H groups in total. The minimum Gasteiger partial charge on any atom is -0.497 e. The molecule has 140 valence electrons. The molecular weight excluding hydrogens is 379 g/mol. The molecule has 0 aromatic heterocycles. The Labute approximate surface area is 157 Å². The molecule has 2 aliphatic heterocycles. The number of nitrogens with one attached hydrogen (secondary N) is 1. The van der Waals surface area contributed by atoms with Crippen LogP contribution in [0.1, 0.15) is 11.1 Å². The Bertz CT molecular complexity index is 959. The van der Waals surface area contributed by atoms with E-state index in [4.69, 9.17) is 4.74 Å². The fraction of sp³-hybridized carbons (Fsp3) is 0.222. The van der Waals surface area contributed by atoms with Gasteiger partial charge in [0.2, 0.25) is 0 Å². The van der Waals surface area contributed by atoms with Crippen molar-refractivity contribution in [2.24, 2.45) is 4.99 Å². The first-order valence-corrected chi connectivity index (χ1v) is 8.79. The summed E-state index contributed by atoms with van der Waals surface area (Å²) in [4.78, 5) is 18.5. The number of ether oxygens (including phenoxy) is 1. The van der Waals surface area contributed by atoms with Crippen molar-refractivity contribution in [3.05, 3.63) is 53.6 Å². The van der Waals surface area contributed by atoms with Gasteiger partial charge in [-0.1, -0.05) is 18.2 Å². The number of hydrogen-bond donors (Lipinski definition) is 1. The maximum Gasteiger partial charge on any atom is 0.436 e. The first kappa shape index (κ1) is 17.7. The molecule has 27 heavy (non-hydrogen) atoms. The lowest BCUT2D eigenvalue weighted by molar-refractivity contribution is -0.195. The Hall–Kier alpha value is -2.68. The second kappa shape index (κ2) is 5.91. The SMILES string of the molecule is COc1ccc([C@@]2(C(F)(F)F)N=C3Sc4cc(C)ccc4N3C(=O)N2)cc1. The van der Waals surface area contributed by atoms with Gasteiger partial charge in [0, 0.05) is 10.5 Å². The molecule has 2 amide bonds. The number of carbonyl (C=O) groups excluding carboxylic acids is 1. The van der Waals surface area contributed by atoms with E-state index >= 15 is 0 Å². The maximum atomic E-state index is 14.1. The monoisotopic (exact) mass is 393 g/mol. The van der Waals surface area contributed by atoms with Gasteiger partial charge in [-0.15, -0.1) is 0 Å². The molecule has 4 rings (SSSR count). The number of carbonyl (C=O) groups is 1. The Morgan fingerprint density at radius 1 is 1.19 bits per heavy atom. The van der Waals surface area contributed by atoms with Gasteiger partial charge in [0.05, 0.1) is 12.8 Å². The number of benzene rings is 2. The molecule has 2 aliphatic rings. The molecule has 2 aromatic rings. The molecule has 9 heteroatoms. The van der Waals surface area contributed by atoms with Crippen LogP contribution in [0.3, 0.4) is 0 Å². The summed E-state index contributed by atoms with van der Waals surface area (Å²) in [6.45, 7) is 1.87. The molecule has 0 saturated carbocycles. The largest absolute Gasteiger partial charge is 0.497 e. The van der Waals surface area contributed by atoms with Gasteiger partial charge in [0.25, 0.3) is 5.66 Å². The number of alkyl halides is 3. The van der Waals surface area contributed by atoms with Gasteiger partial charge in [0.1, 0.15) is 5.75 Å². The smallest absolute Gasteiger partial charge is 0.436 e. The Morgan fingerprint density at radius 2 is 1.89 bits per heavy atom. The number of anilines is 1. The van der Waals surface area contributed by atoms with Crippen molar-refractivity contribution in [3.8, 4) is 5.75 Å². The van der Waals surface area contributed by atoms with E-state index in [0.29, 0.717) is 16.3 Å². The highest BCUT2D eigenvalue weighted by Gasteiger charge is 2.61. The summed E-state index contributed by atoms with van der Waals surface area (Å²) >= 11 is 1.05. The minimum atomic E-state index is -4.83. The lowest BCUT2D eigenvalue weighted by Gasteiger charge is -2.38. The van der Waals surface area contributed by atoms with Gasteiger partial charge >= 0.3 is 12.2 Å². The van der Waals surface area contributed by atoms with Crippen LogP contribution in [0.4, 0.5) is 23.7 Å². The van der Waals surface area contributed by atoms with Crippen LogP contribution in [0.2, 0.25) is 0 Å². The normalized spacial score (nSPS) is 21.3. The second-order valence-electron chi connectivity index (χ2n) is 6.17. The van der Waals surface area contributed by atoms with Gasteiger partial charge in [0.15, 0.2) is 5.17 Å². The molecule has 0 bridgehead atoms. The van der Waals surface area contributed by atoms with E-state index in [9.17, 15) is 18.0 Å². The van der Waals surface area contributed by atoms with Crippen LogP contribution in [0, 0.1) is 6.92 Å². The van der Waals surface area contributed by atoms with Gasteiger partial charge in [-0.3, -0.25) is 0 Å². The molecule has 0 aliphatic carbocycles. The molecule has 0 saturated heterocycles. The van der Waals surface area contributed by atoms with Crippen molar-refractivity contribution < 1.29 is 22.7 Å². The maximum absolute atomic E-state index is 14.1. The summed E-state index contributed by atoms with van der Waals surface area (Å²) in [5, 5.41) is 2.06. The van der Waals surface area contributed by atoms with E-state index in [1.165, 1.54) is 36.3 Å². The zero-order valence-corrected chi connectivity index (χ0v) is 15.1. The quantitative estimate of drug-likeness (QED) is 0.822. The predicted molar refractivity (Wildman–Crippen MR) is 96.2 cm³/mol. The number of aryl methyl sites for hydroxylation is 1. The lowest BCUT2D eigenvalue weighted by atomic mass is 9.98. The zero-order chi connectivity index (χ0) is 19.4. The number of aliphatic imine (C=N–C) groups is 1. The molecule has 5 nitrogen and oxygen atoms in total. The van der Waals surface area contributed by atoms with Crippen LogP contribution < -0.4 is 15.0 Å². The van der Waals surface area contributed by atoms with Crippen molar-refractivity contribution >= 4 is 28.6 Å². The van der Waals surface area contributed by atoms with Crippen molar-refractivity contribution in [2.45, 2.75) is 23.7 Å². The number of amides is 2. The van der Waals surface area contributed by atoms with E-state index in [1.54, 1.807) is 12.1 Å². The summed E-state index contributed by atoms with van der Waals surface area (Å²) in [7, 11) is 1.42. The summed E-state index contributed by atoms with van der Waals surface area (Å²) in [6, 6.07) is 9.76. The summed E-state index contributed by atoms with van der Waals surface area (Å²) in [5.41, 5.74) is -1.58. The van der Waals surface area contributed by atoms with Gasteiger partial charge < -0.3 is 10.1 Å². The van der Waals surface area contributed by atoms with Gasteiger partial charge in [-0.05, 0) is 48.5 Å². The second-order valence-corrected chi connectivity index (χ2v) is 7.18. The fourth-order valence-corrected chi connectivity index (χ4v) is 4.21. The van der Waals surface area contributed by atoms with Crippen LogP contribution in [0.15, 0.2) is 52.4 Å². The number of amidine groups is 1. The van der Waals surface area contributed by atoms with Crippen LogP contribution in [-0.2, 0) is 5.66 Å². The van der Waals surface area contributed by atoms with E-state index in [-0.39, 0.29) is 10.7 Å². The van der Waals surface area contributed by atoms with Crippen molar-refractivity contribution in [2.75, 3.05) is 12.0 Å². The average Bonchev–Trinajstić information content (AvgIpc) is 2.98. The molecule has 0 fully saturated rings. The molecule has 1 atom stereocenters. The van der Waals surface area contributed by atoms with Crippen LogP contribution in [0.5, 0.6) is 5.75 Å². The number of hydrogen-bond acceptors (Lipinski definition) is 4. The number of methoxy groups -OCH3 is 1. The van der Waals surface area contributed by atoms with E-state index in [0.717, 1.165) is 17.3 Å². The highest BCUT2D eigenvalue weighted by molar-refractivity contribution is 8.15. The highest BCUT2D eigenvalue weighted by atomic mass is 32.2.